The van der Waals surface area contributed by atoms with Crippen molar-refractivity contribution in [1.82, 2.24) is 0 Å². The molecule has 0 saturated carbocycles. The molecule has 0 spiro atoms. The van der Waals surface area contributed by atoms with Crippen LogP contribution in [0.5, 0.6) is 0 Å². The highest BCUT2D eigenvalue weighted by molar-refractivity contribution is 6.12. The van der Waals surface area contributed by atoms with E-state index in [0.717, 1.165) is 33.3 Å². The minimum atomic E-state index is -0.0537. The lowest BCUT2D eigenvalue weighted by molar-refractivity contribution is 0.662. The Morgan fingerprint density at radius 3 is 2.28 bits per heavy atom. The number of hydrogen-bond acceptors (Lipinski definition) is 2. The lowest BCUT2D eigenvalue weighted by Crippen LogP contribution is -2.16. The molecule has 6 rings (SSSR count). The number of fused-ring (bicyclic) bond motifs is 6. The summed E-state index contributed by atoms with van der Waals surface area (Å²) in [5, 5.41) is 6.03. The first-order valence-corrected chi connectivity index (χ1v) is 10.1. The molecule has 1 aliphatic rings. The van der Waals surface area contributed by atoms with Crippen molar-refractivity contribution in [3.8, 4) is 11.1 Å². The van der Waals surface area contributed by atoms with Crippen LogP contribution in [-0.4, -0.2) is 0 Å². The van der Waals surface area contributed by atoms with Gasteiger partial charge in [0.05, 0.1) is 11.1 Å². The molecule has 0 fully saturated rings. The largest absolute Gasteiger partial charge is 0.456 e. The average molecular weight is 375 g/mol. The highest BCUT2D eigenvalue weighted by atomic mass is 16.3. The monoisotopic (exact) mass is 375 g/mol. The first-order chi connectivity index (χ1) is 14.1. The van der Waals surface area contributed by atoms with E-state index in [1.54, 1.807) is 0 Å². The van der Waals surface area contributed by atoms with Gasteiger partial charge in [-0.1, -0.05) is 74.5 Å². The third kappa shape index (κ3) is 2.23. The van der Waals surface area contributed by atoms with Gasteiger partial charge in [0, 0.05) is 16.5 Å². The maximum Gasteiger partial charge on any atom is 0.137 e. The summed E-state index contributed by atoms with van der Waals surface area (Å²) in [5.74, 6) is 0. The number of furan rings is 1. The van der Waals surface area contributed by atoms with Crippen molar-refractivity contribution in [3.05, 3.63) is 96.1 Å². The van der Waals surface area contributed by atoms with Crippen LogP contribution in [0.1, 0.15) is 25.0 Å². The number of nitrogens with one attached hydrogen (secondary N) is 1. The fourth-order valence-corrected chi connectivity index (χ4v) is 4.98. The van der Waals surface area contributed by atoms with Gasteiger partial charge in [-0.2, -0.15) is 0 Å². The molecular formula is C27H21NO. The molecule has 0 radical (unpaired) electrons. The topological polar surface area (TPSA) is 25.2 Å². The average Bonchev–Trinajstić information content (AvgIpc) is 3.23. The number of rotatable bonds is 2. The van der Waals surface area contributed by atoms with Crippen LogP contribution in [0.25, 0.3) is 33.1 Å². The van der Waals surface area contributed by atoms with E-state index in [1.807, 2.05) is 18.2 Å². The smallest absolute Gasteiger partial charge is 0.137 e. The fraction of sp³-hybridized carbons (Fsp3) is 0.111. The van der Waals surface area contributed by atoms with Crippen molar-refractivity contribution < 1.29 is 4.42 Å². The van der Waals surface area contributed by atoms with Crippen LogP contribution in [0.4, 0.5) is 11.4 Å². The molecule has 5 aromatic rings. The van der Waals surface area contributed by atoms with Gasteiger partial charge in [0.1, 0.15) is 11.2 Å². The molecule has 0 saturated heterocycles. The van der Waals surface area contributed by atoms with Gasteiger partial charge >= 0.3 is 0 Å². The molecule has 4 aromatic carbocycles. The minimum Gasteiger partial charge on any atom is -0.456 e. The van der Waals surface area contributed by atoms with Crippen molar-refractivity contribution in [3.63, 3.8) is 0 Å². The van der Waals surface area contributed by atoms with Gasteiger partial charge in [0.15, 0.2) is 0 Å². The van der Waals surface area contributed by atoms with Crippen molar-refractivity contribution in [1.29, 1.82) is 0 Å². The van der Waals surface area contributed by atoms with Crippen molar-refractivity contribution in [2.75, 3.05) is 5.32 Å². The van der Waals surface area contributed by atoms with E-state index in [-0.39, 0.29) is 5.41 Å². The molecule has 1 aliphatic carbocycles. The molecular weight excluding hydrogens is 354 g/mol. The lowest BCUT2D eigenvalue weighted by atomic mass is 9.81. The molecule has 1 aromatic heterocycles. The van der Waals surface area contributed by atoms with E-state index >= 15 is 0 Å². The van der Waals surface area contributed by atoms with Crippen LogP contribution in [0, 0.1) is 0 Å². The van der Waals surface area contributed by atoms with Crippen LogP contribution < -0.4 is 5.32 Å². The van der Waals surface area contributed by atoms with Gasteiger partial charge in [0.2, 0.25) is 0 Å². The van der Waals surface area contributed by atoms with Crippen LogP contribution in [0.3, 0.4) is 0 Å². The van der Waals surface area contributed by atoms with Gasteiger partial charge in [-0.05, 0) is 46.5 Å². The molecule has 140 valence electrons. The van der Waals surface area contributed by atoms with Crippen molar-refractivity contribution >= 4 is 33.3 Å². The second-order valence-electron chi connectivity index (χ2n) is 8.30. The highest BCUT2D eigenvalue weighted by Gasteiger charge is 2.37. The zero-order chi connectivity index (χ0) is 19.6. The third-order valence-electron chi connectivity index (χ3n) is 6.25. The first-order valence-electron chi connectivity index (χ1n) is 10.1. The van der Waals surface area contributed by atoms with E-state index in [0.29, 0.717) is 0 Å². The summed E-state index contributed by atoms with van der Waals surface area (Å²) in [6.07, 6.45) is 0. The maximum atomic E-state index is 6.08. The predicted octanol–water partition coefficient (Wildman–Crippen LogP) is 7.64. The molecule has 0 unspecified atom stereocenters. The second kappa shape index (κ2) is 5.74. The lowest BCUT2D eigenvalue weighted by Gasteiger charge is -2.25. The predicted molar refractivity (Wildman–Crippen MR) is 121 cm³/mol. The van der Waals surface area contributed by atoms with Gasteiger partial charge < -0.3 is 9.73 Å². The zero-order valence-electron chi connectivity index (χ0n) is 16.5. The normalized spacial score (nSPS) is 14.1. The summed E-state index contributed by atoms with van der Waals surface area (Å²) in [5.41, 5.74) is 9.40. The Bertz CT molecular complexity index is 1410. The SMILES string of the molecule is CC1(C)c2ccccc2-c2cccc(Nc3cccc4oc5ccccc5c34)c21. The third-order valence-corrected chi connectivity index (χ3v) is 6.25. The van der Waals surface area contributed by atoms with E-state index < -0.39 is 0 Å². The summed E-state index contributed by atoms with van der Waals surface area (Å²) >= 11 is 0. The number of benzene rings is 4. The van der Waals surface area contributed by atoms with Crippen molar-refractivity contribution in [2.45, 2.75) is 19.3 Å². The molecule has 2 nitrogen and oxygen atoms in total. The van der Waals surface area contributed by atoms with Gasteiger partial charge in [-0.15, -0.1) is 0 Å². The maximum absolute atomic E-state index is 6.08. The fourth-order valence-electron chi connectivity index (χ4n) is 4.98. The van der Waals surface area contributed by atoms with Gasteiger partial charge in [-0.25, -0.2) is 0 Å². The Morgan fingerprint density at radius 2 is 1.34 bits per heavy atom. The molecule has 0 amide bonds. The Kier molecular flexibility index (Phi) is 3.25. The Labute approximate surface area is 169 Å². The number of hydrogen-bond donors (Lipinski definition) is 1. The number of anilines is 2. The molecule has 1 heterocycles. The standard InChI is InChI=1S/C27H21NO/c1-27(2)20-12-5-3-9-17(20)18-11-7-14-22(26(18)27)28-21-13-8-16-24-25(21)19-10-4-6-15-23(19)29-24/h3-16,28H,1-2H3. The van der Waals surface area contributed by atoms with Crippen LogP contribution in [-0.2, 0) is 5.41 Å². The van der Waals surface area contributed by atoms with E-state index in [1.165, 1.54) is 22.3 Å². The summed E-state index contributed by atoms with van der Waals surface area (Å²) in [6.45, 7) is 4.63. The van der Waals surface area contributed by atoms with Gasteiger partial charge in [0.25, 0.3) is 0 Å². The molecule has 0 bridgehead atoms. The summed E-state index contributed by atoms with van der Waals surface area (Å²) in [7, 11) is 0. The van der Waals surface area contributed by atoms with Gasteiger partial charge in [-0.3, -0.25) is 0 Å². The molecule has 29 heavy (non-hydrogen) atoms. The summed E-state index contributed by atoms with van der Waals surface area (Å²) in [6, 6.07) is 29.8. The summed E-state index contributed by atoms with van der Waals surface area (Å²) < 4.78 is 6.08. The molecule has 0 aliphatic heterocycles. The van der Waals surface area contributed by atoms with E-state index in [4.69, 9.17) is 4.42 Å². The Balaban J connectivity index is 1.57. The van der Waals surface area contributed by atoms with Crippen LogP contribution in [0.2, 0.25) is 0 Å². The number of para-hydroxylation sites is 1. The Hall–Kier alpha value is -3.52. The second-order valence-corrected chi connectivity index (χ2v) is 8.30. The van der Waals surface area contributed by atoms with Crippen LogP contribution >= 0.6 is 0 Å². The molecule has 1 N–H and O–H groups in total. The van der Waals surface area contributed by atoms with Crippen molar-refractivity contribution in [2.24, 2.45) is 0 Å². The highest BCUT2D eigenvalue weighted by Crippen LogP contribution is 2.52. The first kappa shape index (κ1) is 16.4. The van der Waals surface area contributed by atoms with E-state index in [2.05, 4.69) is 85.9 Å². The molecule has 0 atom stereocenters. The van der Waals surface area contributed by atoms with Crippen LogP contribution in [0.15, 0.2) is 89.3 Å². The quantitative estimate of drug-likeness (QED) is 0.343. The minimum absolute atomic E-state index is 0.0537. The van der Waals surface area contributed by atoms with E-state index in [9.17, 15) is 0 Å². The Morgan fingerprint density at radius 1 is 0.655 bits per heavy atom. The molecule has 2 heteroatoms. The zero-order valence-corrected chi connectivity index (χ0v) is 16.5. The summed E-state index contributed by atoms with van der Waals surface area (Å²) in [4.78, 5) is 0.